The van der Waals surface area contributed by atoms with Crippen molar-refractivity contribution < 1.29 is 18.8 Å². The van der Waals surface area contributed by atoms with Gasteiger partial charge in [-0.15, -0.1) is 0 Å². The van der Waals surface area contributed by atoms with E-state index in [1.165, 1.54) is 0 Å². The van der Waals surface area contributed by atoms with Gasteiger partial charge in [0.25, 0.3) is 5.91 Å². The quantitative estimate of drug-likeness (QED) is 0.621. The van der Waals surface area contributed by atoms with Crippen LogP contribution in [0.1, 0.15) is 66.0 Å². The van der Waals surface area contributed by atoms with Gasteiger partial charge in [-0.3, -0.25) is 9.48 Å². The first-order valence-electron chi connectivity index (χ1n) is 11.4. The van der Waals surface area contributed by atoms with Crippen LogP contribution in [0, 0.1) is 25.2 Å². The number of nitrogens with one attached hydrogen (secondary N) is 1. The number of carbonyl (C=O) groups excluding carboxylic acids is 1. The molecule has 8 nitrogen and oxygen atoms in total. The second-order valence-electron chi connectivity index (χ2n) is 10.1. The van der Waals surface area contributed by atoms with Crippen LogP contribution >= 0.6 is 0 Å². The van der Waals surface area contributed by atoms with Crippen molar-refractivity contribution >= 4 is 11.6 Å². The van der Waals surface area contributed by atoms with Crippen molar-refractivity contribution in [2.45, 2.75) is 60.4 Å². The number of hydrogen-bond acceptors (Lipinski definition) is 6. The minimum atomic E-state index is -0.247. The fourth-order valence-corrected chi connectivity index (χ4v) is 4.74. The van der Waals surface area contributed by atoms with Gasteiger partial charge in [-0.05, 0) is 55.7 Å². The number of aryl methyl sites for hydroxylation is 2. The molecule has 174 valence electrons. The lowest BCUT2D eigenvalue weighted by atomic mass is 9.71. The first kappa shape index (κ1) is 21.6. The molecule has 1 aromatic carbocycles. The minimum absolute atomic E-state index is 0.172. The van der Waals surface area contributed by atoms with Gasteiger partial charge in [-0.1, -0.05) is 32.0 Å². The molecule has 3 aromatic rings. The number of carbonyl (C=O) groups is 1. The van der Waals surface area contributed by atoms with Crippen molar-refractivity contribution in [2.75, 3.05) is 12.1 Å². The molecular formula is C25H30N4O4. The minimum Gasteiger partial charge on any atom is -0.454 e. The van der Waals surface area contributed by atoms with Crippen molar-refractivity contribution in [3.63, 3.8) is 0 Å². The van der Waals surface area contributed by atoms with Crippen LogP contribution in [0.15, 0.2) is 22.7 Å². The third-order valence-corrected chi connectivity index (χ3v) is 6.87. The Kier molecular flexibility index (Phi) is 5.18. The molecule has 0 radical (unpaired) electrons. The Morgan fingerprint density at radius 2 is 2.00 bits per heavy atom. The molecule has 3 heterocycles. The highest BCUT2D eigenvalue weighted by Crippen LogP contribution is 2.38. The number of nitrogens with zero attached hydrogens (tertiary/aromatic N) is 3. The smallest absolute Gasteiger partial charge is 0.278 e. The number of anilines is 1. The summed E-state index contributed by atoms with van der Waals surface area (Å²) >= 11 is 0. The SMILES string of the molecule is Cc1nn(Cc2ccc3c(c2)OCO3)c(C)c1NC(=O)c1noc2c1CC(C(C)(C)C)CC2. The Morgan fingerprint density at radius 1 is 1.21 bits per heavy atom. The molecule has 1 N–H and O–H groups in total. The molecule has 5 rings (SSSR count). The van der Waals surface area contributed by atoms with Gasteiger partial charge in [-0.25, -0.2) is 0 Å². The van der Waals surface area contributed by atoms with Crippen molar-refractivity contribution in [3.05, 3.63) is 52.2 Å². The summed E-state index contributed by atoms with van der Waals surface area (Å²) in [6.45, 7) is 11.4. The number of fused-ring (bicyclic) bond motifs is 2. The van der Waals surface area contributed by atoms with Crippen LogP contribution in [-0.2, 0) is 19.4 Å². The topological polar surface area (TPSA) is 91.4 Å². The monoisotopic (exact) mass is 450 g/mol. The van der Waals surface area contributed by atoms with Crippen molar-refractivity contribution in [2.24, 2.45) is 11.3 Å². The number of hydrogen-bond donors (Lipinski definition) is 1. The molecule has 1 aliphatic carbocycles. The van der Waals surface area contributed by atoms with Gasteiger partial charge in [-0.2, -0.15) is 5.10 Å². The van der Waals surface area contributed by atoms with E-state index in [-0.39, 0.29) is 18.1 Å². The Morgan fingerprint density at radius 3 is 2.79 bits per heavy atom. The van der Waals surface area contributed by atoms with E-state index in [2.05, 4.69) is 36.3 Å². The molecule has 2 aromatic heterocycles. The molecule has 0 spiro atoms. The first-order chi connectivity index (χ1) is 15.7. The van der Waals surface area contributed by atoms with Crippen LogP contribution in [0.5, 0.6) is 11.5 Å². The zero-order chi connectivity index (χ0) is 23.3. The summed E-state index contributed by atoms with van der Waals surface area (Å²) in [6.07, 6.45) is 2.69. The summed E-state index contributed by atoms with van der Waals surface area (Å²) in [7, 11) is 0. The second kappa shape index (κ2) is 7.93. The van der Waals surface area contributed by atoms with Crippen molar-refractivity contribution in [1.82, 2.24) is 14.9 Å². The van der Waals surface area contributed by atoms with Crippen LogP contribution in [0.3, 0.4) is 0 Å². The summed E-state index contributed by atoms with van der Waals surface area (Å²) in [6, 6.07) is 5.87. The normalized spacial score (nSPS) is 17.2. The maximum Gasteiger partial charge on any atom is 0.278 e. The van der Waals surface area contributed by atoms with Crippen molar-refractivity contribution in [3.8, 4) is 11.5 Å². The zero-order valence-corrected chi connectivity index (χ0v) is 19.8. The lowest BCUT2D eigenvalue weighted by Crippen LogP contribution is -2.27. The molecule has 0 saturated carbocycles. The molecule has 1 aliphatic heterocycles. The summed E-state index contributed by atoms with van der Waals surface area (Å²) < 4.78 is 18.3. The van der Waals surface area contributed by atoms with Gasteiger partial charge in [0.05, 0.1) is 23.6 Å². The van der Waals surface area contributed by atoms with Crippen LogP contribution in [0.25, 0.3) is 0 Å². The molecule has 1 amide bonds. The first-order valence-corrected chi connectivity index (χ1v) is 11.4. The Balaban J connectivity index is 1.35. The molecule has 2 aliphatic rings. The molecular weight excluding hydrogens is 420 g/mol. The van der Waals surface area contributed by atoms with E-state index in [4.69, 9.17) is 14.0 Å². The Hall–Kier alpha value is -3.29. The van der Waals surface area contributed by atoms with Crippen LogP contribution in [-0.4, -0.2) is 27.6 Å². The van der Waals surface area contributed by atoms with Crippen LogP contribution < -0.4 is 14.8 Å². The van der Waals surface area contributed by atoms with Gasteiger partial charge in [0, 0.05) is 12.0 Å². The Labute approximate surface area is 193 Å². The van der Waals surface area contributed by atoms with E-state index in [0.717, 1.165) is 59.0 Å². The molecule has 0 saturated heterocycles. The zero-order valence-electron chi connectivity index (χ0n) is 19.8. The third kappa shape index (κ3) is 3.98. The van der Waals surface area contributed by atoms with Gasteiger partial charge in [0.15, 0.2) is 17.2 Å². The third-order valence-electron chi connectivity index (χ3n) is 6.87. The molecule has 0 bridgehead atoms. The van der Waals surface area contributed by atoms with E-state index in [1.807, 2.05) is 36.7 Å². The number of ether oxygens (including phenoxy) is 2. The van der Waals surface area contributed by atoms with Gasteiger partial charge >= 0.3 is 0 Å². The summed E-state index contributed by atoms with van der Waals surface area (Å²) in [5.41, 5.74) is 4.89. The van der Waals surface area contributed by atoms with E-state index < -0.39 is 0 Å². The predicted molar refractivity (Wildman–Crippen MR) is 123 cm³/mol. The molecule has 8 heteroatoms. The Bertz CT molecular complexity index is 1220. The standard InChI is InChI=1S/C25H30N4O4/c1-14-22(15(2)29(27-14)12-16-6-8-20-21(10-16)32-13-31-20)26-24(30)23-18-11-17(25(3,4)5)7-9-19(18)33-28-23/h6,8,10,17H,7,9,11-13H2,1-5H3,(H,26,30). The maximum absolute atomic E-state index is 13.2. The average Bonchev–Trinajstić information content (AvgIpc) is 3.46. The predicted octanol–water partition coefficient (Wildman–Crippen LogP) is 4.67. The lowest BCUT2D eigenvalue weighted by molar-refractivity contribution is 0.101. The molecule has 33 heavy (non-hydrogen) atoms. The van der Waals surface area contributed by atoms with Crippen molar-refractivity contribution in [1.29, 1.82) is 0 Å². The maximum atomic E-state index is 13.2. The van der Waals surface area contributed by atoms with E-state index in [9.17, 15) is 4.79 Å². The van der Waals surface area contributed by atoms with Crippen LogP contribution in [0.2, 0.25) is 0 Å². The number of benzene rings is 1. The summed E-state index contributed by atoms with van der Waals surface area (Å²) in [5.74, 6) is 2.58. The van der Waals surface area contributed by atoms with E-state index in [0.29, 0.717) is 23.8 Å². The fourth-order valence-electron chi connectivity index (χ4n) is 4.74. The number of rotatable bonds is 4. The second-order valence-corrected chi connectivity index (χ2v) is 10.1. The largest absolute Gasteiger partial charge is 0.454 e. The highest BCUT2D eigenvalue weighted by molar-refractivity contribution is 6.04. The highest BCUT2D eigenvalue weighted by atomic mass is 16.7. The van der Waals surface area contributed by atoms with E-state index >= 15 is 0 Å². The molecule has 1 unspecified atom stereocenters. The van der Waals surface area contributed by atoms with Gasteiger partial charge < -0.3 is 19.3 Å². The van der Waals surface area contributed by atoms with Gasteiger partial charge in [0.1, 0.15) is 5.76 Å². The summed E-state index contributed by atoms with van der Waals surface area (Å²) in [4.78, 5) is 13.2. The highest BCUT2D eigenvalue weighted by Gasteiger charge is 2.34. The summed E-state index contributed by atoms with van der Waals surface area (Å²) in [5, 5.41) is 11.8. The number of aromatic nitrogens is 3. The van der Waals surface area contributed by atoms with Crippen LogP contribution in [0.4, 0.5) is 5.69 Å². The molecule has 1 atom stereocenters. The average molecular weight is 451 g/mol. The number of amides is 1. The fraction of sp³-hybridized carbons (Fsp3) is 0.480. The lowest BCUT2D eigenvalue weighted by Gasteiger charge is -2.33. The van der Waals surface area contributed by atoms with E-state index in [1.54, 1.807) is 0 Å². The van der Waals surface area contributed by atoms with Gasteiger partial charge in [0.2, 0.25) is 6.79 Å². The molecule has 0 fully saturated rings.